The molecular weight excluding hydrogens is 781 g/mol. The fraction of sp³-hybridized carbons (Fsp3) is 0.868. The van der Waals surface area contributed by atoms with E-state index in [1.165, 1.54) is 154 Å². The van der Waals surface area contributed by atoms with E-state index in [1.54, 1.807) is 0 Å². The molecule has 0 amide bonds. The molecule has 364 valence electrons. The summed E-state index contributed by atoms with van der Waals surface area (Å²) in [7, 11) is 0. The number of hydrogen-bond acceptors (Lipinski definition) is 9. The second-order valence-corrected chi connectivity index (χ2v) is 17.9. The first-order valence-corrected chi connectivity index (χ1v) is 26.1. The summed E-state index contributed by atoms with van der Waals surface area (Å²) in [4.78, 5) is 12.8. The molecule has 0 aromatic carbocycles. The van der Waals surface area contributed by atoms with Crippen molar-refractivity contribution in [2.24, 2.45) is 0 Å². The number of ether oxygens (including phenoxy) is 4. The molecule has 0 radical (unpaired) electrons. The smallest absolute Gasteiger partial charge is 0.306 e. The summed E-state index contributed by atoms with van der Waals surface area (Å²) in [6, 6.07) is 0. The van der Waals surface area contributed by atoms with Crippen molar-refractivity contribution in [3.63, 3.8) is 0 Å². The van der Waals surface area contributed by atoms with Crippen molar-refractivity contribution < 1.29 is 44.2 Å². The number of allylic oxidation sites excluding steroid dienone is 6. The van der Waals surface area contributed by atoms with Crippen molar-refractivity contribution in [1.29, 1.82) is 0 Å². The molecule has 0 bridgehead atoms. The van der Waals surface area contributed by atoms with Crippen LogP contribution in [0.25, 0.3) is 0 Å². The highest BCUT2D eigenvalue weighted by Gasteiger charge is 2.44. The summed E-state index contributed by atoms with van der Waals surface area (Å²) in [6.45, 7) is 4.47. The molecule has 9 heteroatoms. The second kappa shape index (κ2) is 44.6. The van der Waals surface area contributed by atoms with Gasteiger partial charge in [0, 0.05) is 13.0 Å². The van der Waals surface area contributed by atoms with Crippen molar-refractivity contribution in [3.8, 4) is 0 Å². The minimum atomic E-state index is -1.54. The number of rotatable bonds is 45. The topological polar surface area (TPSA) is 135 Å². The molecule has 6 unspecified atom stereocenters. The zero-order valence-electron chi connectivity index (χ0n) is 40.1. The molecule has 1 heterocycles. The van der Waals surface area contributed by atoms with Gasteiger partial charge < -0.3 is 39.4 Å². The lowest BCUT2D eigenvalue weighted by Gasteiger charge is -2.39. The van der Waals surface area contributed by atoms with Gasteiger partial charge >= 0.3 is 5.97 Å². The zero-order chi connectivity index (χ0) is 45.0. The van der Waals surface area contributed by atoms with Crippen molar-refractivity contribution in [1.82, 2.24) is 0 Å². The number of unbranched alkanes of at least 4 members (excludes halogenated alkanes) is 28. The normalized spacial score (nSPS) is 20.0. The maximum absolute atomic E-state index is 12.8. The summed E-state index contributed by atoms with van der Waals surface area (Å²) in [5.74, 6) is -0.312. The molecule has 0 aromatic heterocycles. The molecular formula is C53H98O9. The van der Waals surface area contributed by atoms with E-state index < -0.39 is 43.4 Å². The van der Waals surface area contributed by atoms with E-state index >= 15 is 0 Å². The molecule has 1 rings (SSSR count). The number of carbonyl (C=O) groups excluding carboxylic acids is 1. The quantitative estimate of drug-likeness (QED) is 0.0268. The number of aliphatic hydroxyl groups is 4. The van der Waals surface area contributed by atoms with E-state index in [2.05, 4.69) is 50.3 Å². The summed E-state index contributed by atoms with van der Waals surface area (Å²) < 4.78 is 22.9. The zero-order valence-corrected chi connectivity index (χ0v) is 40.1. The molecule has 0 aliphatic carbocycles. The second-order valence-electron chi connectivity index (χ2n) is 17.9. The van der Waals surface area contributed by atoms with Crippen LogP contribution in [0.4, 0.5) is 0 Å². The van der Waals surface area contributed by atoms with Crippen LogP contribution in [0.1, 0.15) is 232 Å². The monoisotopic (exact) mass is 879 g/mol. The lowest BCUT2D eigenvalue weighted by molar-refractivity contribution is -0.305. The van der Waals surface area contributed by atoms with Crippen molar-refractivity contribution in [2.45, 2.75) is 269 Å². The van der Waals surface area contributed by atoms with Gasteiger partial charge in [-0.15, -0.1) is 0 Å². The van der Waals surface area contributed by atoms with Crippen LogP contribution in [-0.2, 0) is 23.7 Å². The maximum Gasteiger partial charge on any atom is 0.306 e. The molecule has 1 fully saturated rings. The predicted octanol–water partition coefficient (Wildman–Crippen LogP) is 12.7. The Morgan fingerprint density at radius 3 is 1.48 bits per heavy atom. The van der Waals surface area contributed by atoms with Gasteiger partial charge in [-0.1, -0.05) is 217 Å². The highest BCUT2D eigenvalue weighted by atomic mass is 16.7. The Morgan fingerprint density at radius 1 is 0.532 bits per heavy atom. The summed E-state index contributed by atoms with van der Waals surface area (Å²) >= 11 is 0. The minimum absolute atomic E-state index is 0.114. The van der Waals surface area contributed by atoms with Crippen LogP contribution in [0.5, 0.6) is 0 Å². The maximum atomic E-state index is 12.8. The minimum Gasteiger partial charge on any atom is -0.457 e. The number of hydrogen-bond donors (Lipinski definition) is 4. The van der Waals surface area contributed by atoms with Crippen LogP contribution in [0.3, 0.4) is 0 Å². The van der Waals surface area contributed by atoms with Gasteiger partial charge in [0.2, 0.25) is 0 Å². The fourth-order valence-electron chi connectivity index (χ4n) is 8.04. The first kappa shape index (κ1) is 58.4. The molecule has 1 aliphatic heterocycles. The van der Waals surface area contributed by atoms with Crippen LogP contribution < -0.4 is 0 Å². The molecule has 9 nitrogen and oxygen atoms in total. The van der Waals surface area contributed by atoms with Gasteiger partial charge in [-0.2, -0.15) is 0 Å². The molecule has 0 saturated carbocycles. The van der Waals surface area contributed by atoms with Crippen LogP contribution in [-0.4, -0.2) is 89.6 Å². The predicted molar refractivity (Wildman–Crippen MR) is 256 cm³/mol. The standard InChI is InChI=1S/C53H98O9/c1-3-5-7-9-11-13-15-17-19-21-23-24-25-26-28-30-32-34-36-38-40-42-49(55)61-47(46-60-53-52(58)51(57)50(56)48(44-54)62-53)45-59-43-41-39-37-35-33-31-29-27-22-20-18-16-14-12-10-8-6-4-2/h6,8,12,14,18,20,47-48,50-54,56-58H,3-5,7,9-11,13,15-17,19,21-46H2,1-2H3/b8-6-,14-12-,20-18-. The molecule has 4 N–H and O–H groups in total. The highest BCUT2D eigenvalue weighted by Crippen LogP contribution is 2.23. The van der Waals surface area contributed by atoms with E-state index in [0.717, 1.165) is 57.8 Å². The average molecular weight is 879 g/mol. The first-order chi connectivity index (χ1) is 30.4. The van der Waals surface area contributed by atoms with Gasteiger partial charge in [0.15, 0.2) is 6.29 Å². The van der Waals surface area contributed by atoms with Gasteiger partial charge in [-0.3, -0.25) is 4.79 Å². The lowest BCUT2D eigenvalue weighted by Crippen LogP contribution is -2.59. The number of aliphatic hydroxyl groups excluding tert-OH is 4. The summed E-state index contributed by atoms with van der Waals surface area (Å²) in [6.07, 6.45) is 47.5. The van der Waals surface area contributed by atoms with Crippen LogP contribution in [0.2, 0.25) is 0 Å². The van der Waals surface area contributed by atoms with E-state index in [1.807, 2.05) is 0 Å². The third kappa shape index (κ3) is 34.8. The average Bonchev–Trinajstić information content (AvgIpc) is 3.27. The molecule has 1 aliphatic rings. The Bertz CT molecular complexity index is 1050. The fourth-order valence-corrected chi connectivity index (χ4v) is 8.04. The molecule has 1 saturated heterocycles. The van der Waals surface area contributed by atoms with Crippen LogP contribution >= 0.6 is 0 Å². The number of esters is 1. The third-order valence-electron chi connectivity index (χ3n) is 12.1. The van der Waals surface area contributed by atoms with Crippen molar-refractivity contribution >= 4 is 5.97 Å². The Kier molecular flexibility index (Phi) is 42.0. The van der Waals surface area contributed by atoms with Crippen molar-refractivity contribution in [3.05, 3.63) is 36.5 Å². The SMILES string of the molecule is CC/C=C\C/C=C\C/C=C\CCCCCCCCCCOCC(COC1OC(CO)C(O)C(O)C1O)OC(=O)CCCCCCCCCCCCCCCCCCCCCCC. The van der Waals surface area contributed by atoms with Crippen LogP contribution in [0.15, 0.2) is 36.5 Å². The molecule has 62 heavy (non-hydrogen) atoms. The molecule has 0 spiro atoms. The largest absolute Gasteiger partial charge is 0.457 e. The Labute approximate surface area is 380 Å². The Hall–Kier alpha value is -1.59. The van der Waals surface area contributed by atoms with Gasteiger partial charge in [0.1, 0.15) is 30.5 Å². The van der Waals surface area contributed by atoms with Gasteiger partial charge in [0.25, 0.3) is 0 Å². The van der Waals surface area contributed by atoms with E-state index in [4.69, 9.17) is 18.9 Å². The molecule has 0 aromatic rings. The van der Waals surface area contributed by atoms with E-state index in [0.29, 0.717) is 13.0 Å². The highest BCUT2D eigenvalue weighted by molar-refractivity contribution is 5.69. The van der Waals surface area contributed by atoms with Crippen molar-refractivity contribution in [2.75, 3.05) is 26.4 Å². The van der Waals surface area contributed by atoms with E-state index in [-0.39, 0.29) is 19.2 Å². The Balaban J connectivity index is 2.19. The van der Waals surface area contributed by atoms with Crippen LogP contribution in [0, 0.1) is 0 Å². The lowest BCUT2D eigenvalue weighted by atomic mass is 9.99. The Morgan fingerprint density at radius 2 is 0.984 bits per heavy atom. The van der Waals surface area contributed by atoms with Gasteiger partial charge in [0.05, 0.1) is 19.8 Å². The number of carbonyl (C=O) groups is 1. The van der Waals surface area contributed by atoms with Gasteiger partial charge in [-0.05, 0) is 44.9 Å². The van der Waals surface area contributed by atoms with Gasteiger partial charge in [-0.25, -0.2) is 0 Å². The van der Waals surface area contributed by atoms with E-state index in [9.17, 15) is 25.2 Å². The first-order valence-electron chi connectivity index (χ1n) is 26.1. The molecule has 6 atom stereocenters. The third-order valence-corrected chi connectivity index (χ3v) is 12.1. The summed E-state index contributed by atoms with van der Waals surface area (Å²) in [5, 5.41) is 40.2. The summed E-state index contributed by atoms with van der Waals surface area (Å²) in [5.41, 5.74) is 0.